The van der Waals surface area contributed by atoms with Crippen molar-refractivity contribution in [2.24, 2.45) is 0 Å². The number of amides is 2. The fraction of sp³-hybridized carbons (Fsp3) is 0.333. The number of carbonyl (C=O) groups excluding carboxylic acids is 2. The van der Waals surface area contributed by atoms with Gasteiger partial charge >= 0.3 is 0 Å². The van der Waals surface area contributed by atoms with E-state index in [1.165, 1.54) is 19.3 Å². The van der Waals surface area contributed by atoms with Gasteiger partial charge in [-0.3, -0.25) is 14.9 Å². The van der Waals surface area contributed by atoms with Crippen LogP contribution in [0.25, 0.3) is 33.0 Å². The van der Waals surface area contributed by atoms with Crippen molar-refractivity contribution < 1.29 is 28.5 Å². The summed E-state index contributed by atoms with van der Waals surface area (Å²) >= 11 is 0. The van der Waals surface area contributed by atoms with Crippen molar-refractivity contribution in [2.45, 2.75) is 32.2 Å². The monoisotopic (exact) mass is 540 g/mol. The van der Waals surface area contributed by atoms with Crippen LogP contribution in [0.2, 0.25) is 0 Å². The van der Waals surface area contributed by atoms with Gasteiger partial charge in [-0.05, 0) is 51.0 Å². The molecule has 10 nitrogen and oxygen atoms in total. The van der Waals surface area contributed by atoms with Crippen molar-refractivity contribution in [2.75, 3.05) is 33.2 Å². The Kier molecular flexibility index (Phi) is 5.31. The molecule has 0 unspecified atom stereocenters. The molecule has 0 atom stereocenters. The van der Waals surface area contributed by atoms with Crippen LogP contribution in [-0.4, -0.2) is 59.5 Å². The summed E-state index contributed by atoms with van der Waals surface area (Å²) in [5, 5.41) is 4.17. The number of carbonyl (C=O) groups is 2. The van der Waals surface area contributed by atoms with Gasteiger partial charge in [0.25, 0.3) is 11.8 Å². The summed E-state index contributed by atoms with van der Waals surface area (Å²) in [6.07, 6.45) is 8.57. The predicted octanol–water partition coefficient (Wildman–Crippen LogP) is 4.02. The van der Waals surface area contributed by atoms with Crippen LogP contribution in [0.15, 0.2) is 36.7 Å². The van der Waals surface area contributed by atoms with E-state index in [-0.39, 0.29) is 13.6 Å². The number of fused-ring (bicyclic) bond motifs is 4. The number of imide groups is 1. The smallest absolute Gasteiger partial charge is 0.259 e. The molecule has 2 N–H and O–H groups in total. The van der Waals surface area contributed by atoms with E-state index in [0.29, 0.717) is 45.3 Å². The number of ether oxygens (including phenoxy) is 4. The van der Waals surface area contributed by atoms with E-state index >= 15 is 0 Å². The van der Waals surface area contributed by atoms with Crippen LogP contribution in [0, 0.1) is 0 Å². The molecule has 0 radical (unpaired) electrons. The average molecular weight is 541 g/mol. The Bertz CT molecular complexity index is 1740. The first kappa shape index (κ1) is 23.4. The highest BCUT2D eigenvalue weighted by Gasteiger charge is 2.36. The number of hydrogen-bond donors (Lipinski definition) is 2. The molecule has 2 amide bonds. The molecule has 1 fully saturated rings. The number of aromatic amines is 1. The van der Waals surface area contributed by atoms with Gasteiger partial charge in [-0.25, -0.2) is 0 Å². The second-order valence-corrected chi connectivity index (χ2v) is 10.7. The van der Waals surface area contributed by atoms with Crippen LogP contribution in [0.1, 0.15) is 36.8 Å². The molecule has 0 bridgehead atoms. The Morgan fingerprint density at radius 3 is 2.12 bits per heavy atom. The van der Waals surface area contributed by atoms with E-state index in [1.54, 1.807) is 6.20 Å². The minimum Gasteiger partial charge on any atom is -0.454 e. The Balaban J connectivity index is 1.25. The quantitative estimate of drug-likeness (QED) is 0.356. The Morgan fingerprint density at radius 1 is 0.725 bits per heavy atom. The molecule has 4 aromatic rings. The Hall–Kier alpha value is -4.44. The van der Waals surface area contributed by atoms with Crippen molar-refractivity contribution >= 4 is 44.8 Å². The molecule has 0 aliphatic carbocycles. The number of aromatic nitrogens is 2. The van der Waals surface area contributed by atoms with Crippen LogP contribution >= 0.6 is 0 Å². The standard InChI is InChI=1S/C30H28N4O6/c35-29-27(19-13-31-21-11-25-23(9-17(19)21)37-15-39-25)28(30(36)32-29)20-14-34(8-4-7-33-5-2-1-3-6-33)22-12-26-24(10-18(20)22)38-16-40-26/h9-14,31H,1-8,15-16H2,(H,32,35,36). The van der Waals surface area contributed by atoms with Crippen molar-refractivity contribution in [1.29, 1.82) is 0 Å². The first-order chi connectivity index (χ1) is 19.6. The first-order valence-electron chi connectivity index (χ1n) is 13.8. The number of H-pyrrole nitrogens is 1. The number of nitrogens with zero attached hydrogens (tertiary/aromatic N) is 2. The number of aryl methyl sites for hydroxylation is 1. The minimum atomic E-state index is -0.426. The zero-order valence-corrected chi connectivity index (χ0v) is 21.9. The van der Waals surface area contributed by atoms with Crippen molar-refractivity contribution in [3.8, 4) is 23.0 Å². The molecule has 4 aliphatic heterocycles. The average Bonchev–Trinajstić information content (AvgIpc) is 3.78. The second-order valence-electron chi connectivity index (χ2n) is 10.7. The molecular weight excluding hydrogens is 512 g/mol. The lowest BCUT2D eigenvalue weighted by Gasteiger charge is -2.26. The first-order valence-corrected chi connectivity index (χ1v) is 13.8. The number of piperidine rings is 1. The largest absolute Gasteiger partial charge is 0.454 e. The molecule has 10 heteroatoms. The molecule has 0 spiro atoms. The van der Waals surface area contributed by atoms with Crippen LogP contribution in [0.3, 0.4) is 0 Å². The number of benzene rings is 2. The van der Waals surface area contributed by atoms with Crippen LogP contribution in [-0.2, 0) is 16.1 Å². The highest BCUT2D eigenvalue weighted by molar-refractivity contribution is 6.50. The third-order valence-corrected chi connectivity index (χ3v) is 8.34. The normalized spacial score (nSPS) is 18.5. The van der Waals surface area contributed by atoms with E-state index in [4.69, 9.17) is 18.9 Å². The summed E-state index contributed by atoms with van der Waals surface area (Å²) in [6, 6.07) is 7.60. The highest BCUT2D eigenvalue weighted by atomic mass is 16.7. The summed E-state index contributed by atoms with van der Waals surface area (Å²) in [5.41, 5.74) is 3.75. The van der Waals surface area contributed by atoms with Crippen molar-refractivity contribution in [3.05, 3.63) is 47.8 Å². The maximum atomic E-state index is 13.4. The number of likely N-dealkylation sites (tertiary alicyclic amines) is 1. The Morgan fingerprint density at radius 2 is 1.38 bits per heavy atom. The van der Waals surface area contributed by atoms with E-state index in [2.05, 4.69) is 19.8 Å². The van der Waals surface area contributed by atoms with Gasteiger partial charge in [0.05, 0.1) is 16.7 Å². The molecule has 1 saturated heterocycles. The van der Waals surface area contributed by atoms with E-state index in [9.17, 15) is 9.59 Å². The van der Waals surface area contributed by atoms with Crippen LogP contribution in [0.5, 0.6) is 23.0 Å². The molecular formula is C30H28N4O6. The van der Waals surface area contributed by atoms with Gasteiger partial charge in [-0.2, -0.15) is 0 Å². The maximum Gasteiger partial charge on any atom is 0.259 e. The molecule has 40 heavy (non-hydrogen) atoms. The lowest BCUT2D eigenvalue weighted by Crippen LogP contribution is -2.31. The minimum absolute atomic E-state index is 0.150. The number of nitrogens with one attached hydrogen (secondary N) is 2. The van der Waals surface area contributed by atoms with Gasteiger partial charge in [-0.1, -0.05) is 6.42 Å². The topological polar surface area (TPSA) is 107 Å². The lowest BCUT2D eigenvalue weighted by atomic mass is 9.95. The predicted molar refractivity (Wildman–Crippen MR) is 147 cm³/mol. The number of hydrogen-bond acceptors (Lipinski definition) is 7. The van der Waals surface area contributed by atoms with Crippen LogP contribution in [0.4, 0.5) is 0 Å². The molecule has 2 aromatic carbocycles. The van der Waals surface area contributed by atoms with Crippen LogP contribution < -0.4 is 24.3 Å². The molecule has 6 heterocycles. The van der Waals surface area contributed by atoms with E-state index in [1.807, 2.05) is 30.5 Å². The third kappa shape index (κ3) is 3.66. The Labute approximate surface area is 229 Å². The molecule has 4 aliphatic rings. The van der Waals surface area contributed by atoms with Gasteiger partial charge in [0, 0.05) is 58.5 Å². The summed E-state index contributed by atoms with van der Waals surface area (Å²) in [6.45, 7) is 4.42. The highest BCUT2D eigenvalue weighted by Crippen LogP contribution is 2.44. The zero-order chi connectivity index (χ0) is 26.8. The maximum absolute atomic E-state index is 13.4. The van der Waals surface area contributed by atoms with E-state index in [0.717, 1.165) is 54.4 Å². The summed E-state index contributed by atoms with van der Waals surface area (Å²) in [4.78, 5) is 32.5. The van der Waals surface area contributed by atoms with Gasteiger partial charge in [-0.15, -0.1) is 0 Å². The van der Waals surface area contributed by atoms with Gasteiger partial charge in [0.1, 0.15) is 0 Å². The van der Waals surface area contributed by atoms with Gasteiger partial charge < -0.3 is 33.4 Å². The van der Waals surface area contributed by atoms with E-state index < -0.39 is 11.8 Å². The zero-order valence-electron chi connectivity index (χ0n) is 21.9. The van der Waals surface area contributed by atoms with Crippen molar-refractivity contribution in [1.82, 2.24) is 19.8 Å². The summed E-state index contributed by atoms with van der Waals surface area (Å²) in [7, 11) is 0. The SMILES string of the molecule is O=C1NC(=O)C(c2cn(CCCN3CCCCC3)c3cc4c(cc23)OCO4)=C1c1c[nH]c2cc3c(cc12)OCO3. The fourth-order valence-electron chi connectivity index (χ4n) is 6.40. The van der Waals surface area contributed by atoms with Gasteiger partial charge in [0.15, 0.2) is 23.0 Å². The van der Waals surface area contributed by atoms with Crippen molar-refractivity contribution in [3.63, 3.8) is 0 Å². The molecule has 0 saturated carbocycles. The lowest BCUT2D eigenvalue weighted by molar-refractivity contribution is -0.122. The van der Waals surface area contributed by atoms with Gasteiger partial charge in [0.2, 0.25) is 13.6 Å². The fourth-order valence-corrected chi connectivity index (χ4v) is 6.40. The number of rotatable bonds is 6. The summed E-state index contributed by atoms with van der Waals surface area (Å²) < 4.78 is 24.6. The molecule has 8 rings (SSSR count). The molecule has 2 aromatic heterocycles. The second kappa shape index (κ2) is 9.06. The third-order valence-electron chi connectivity index (χ3n) is 8.34. The summed E-state index contributed by atoms with van der Waals surface area (Å²) in [5.74, 6) is 1.73. The molecule has 204 valence electrons.